The minimum Gasteiger partial charge on any atom is -0.457 e. The van der Waals surface area contributed by atoms with E-state index in [0.29, 0.717) is 56.9 Å². The lowest BCUT2D eigenvalue weighted by atomic mass is 10.0. The summed E-state index contributed by atoms with van der Waals surface area (Å²) in [5, 5.41) is 0. The molecule has 8 rings (SSSR count). The van der Waals surface area contributed by atoms with E-state index in [-0.39, 0.29) is 5.78 Å². The van der Waals surface area contributed by atoms with Crippen molar-refractivity contribution in [2.45, 2.75) is 0 Å². The molecule has 0 saturated carbocycles. The molecule has 0 heterocycles. The third-order valence-electron chi connectivity index (χ3n) is 8.65. The highest BCUT2D eigenvalue weighted by atomic mass is 16.5. The largest absolute Gasteiger partial charge is 0.457 e. The van der Waals surface area contributed by atoms with E-state index >= 15 is 0 Å². The second-order valence-electron chi connectivity index (χ2n) is 13.1. The average molecular weight is 765 g/mol. The molecule has 58 heavy (non-hydrogen) atoms. The number of ketones is 1. The SMILES string of the molecule is Nc1cccc(Oc2ccc(-c3ccc(Oc4cccc(N)c4)cc3)cc2)c1.Nc1cccc(Oc2ccc(C(=O)c3ccc(Oc4cccc(N)c4)cc3)cc2)c1. The molecule has 9 heteroatoms. The Kier molecular flexibility index (Phi) is 11.8. The number of carbonyl (C=O) groups excluding carboxylic acids is 1. The van der Waals surface area contributed by atoms with E-state index in [1.165, 1.54) is 0 Å². The molecular formula is C49H40N4O5. The highest BCUT2D eigenvalue weighted by Crippen LogP contribution is 2.30. The van der Waals surface area contributed by atoms with Gasteiger partial charge in [0.15, 0.2) is 5.78 Å². The zero-order chi connectivity index (χ0) is 40.3. The van der Waals surface area contributed by atoms with Crippen LogP contribution in [0.4, 0.5) is 22.7 Å². The molecule has 9 nitrogen and oxygen atoms in total. The molecule has 286 valence electrons. The first-order chi connectivity index (χ1) is 28.2. The summed E-state index contributed by atoms with van der Waals surface area (Å²) in [6.07, 6.45) is 0. The van der Waals surface area contributed by atoms with Gasteiger partial charge in [-0.25, -0.2) is 0 Å². The Balaban J connectivity index is 0.000000177. The lowest BCUT2D eigenvalue weighted by Gasteiger charge is -2.09. The van der Waals surface area contributed by atoms with Gasteiger partial charge >= 0.3 is 0 Å². The Morgan fingerprint density at radius 3 is 0.776 bits per heavy atom. The number of nitrogen functional groups attached to an aromatic ring is 4. The Labute approximate surface area is 336 Å². The average Bonchev–Trinajstić information content (AvgIpc) is 3.22. The van der Waals surface area contributed by atoms with Crippen molar-refractivity contribution in [3.8, 4) is 57.1 Å². The molecule has 0 radical (unpaired) electrons. The number of benzene rings is 8. The van der Waals surface area contributed by atoms with Gasteiger partial charge in [-0.15, -0.1) is 0 Å². The molecule has 0 aliphatic carbocycles. The number of rotatable bonds is 11. The highest BCUT2D eigenvalue weighted by Gasteiger charge is 2.11. The minimum absolute atomic E-state index is 0.0824. The fraction of sp³-hybridized carbons (Fsp3) is 0. The first kappa shape index (κ1) is 38.1. The maximum atomic E-state index is 12.8. The predicted molar refractivity (Wildman–Crippen MR) is 232 cm³/mol. The Morgan fingerprint density at radius 1 is 0.293 bits per heavy atom. The lowest BCUT2D eigenvalue weighted by molar-refractivity contribution is 0.103. The van der Waals surface area contributed by atoms with Gasteiger partial charge in [0.05, 0.1) is 0 Å². The van der Waals surface area contributed by atoms with Crippen molar-refractivity contribution in [3.63, 3.8) is 0 Å². The topological polar surface area (TPSA) is 158 Å². The second kappa shape index (κ2) is 18.0. The predicted octanol–water partition coefficient (Wildman–Crippen LogP) is 11.8. The van der Waals surface area contributed by atoms with Crippen LogP contribution in [-0.4, -0.2) is 5.78 Å². The molecule has 0 amide bonds. The van der Waals surface area contributed by atoms with Crippen molar-refractivity contribution >= 4 is 28.5 Å². The number of anilines is 4. The maximum absolute atomic E-state index is 12.8. The van der Waals surface area contributed by atoms with Crippen LogP contribution in [0.3, 0.4) is 0 Å². The van der Waals surface area contributed by atoms with Crippen molar-refractivity contribution in [1.82, 2.24) is 0 Å². The summed E-state index contributed by atoms with van der Waals surface area (Å²) in [7, 11) is 0. The molecule has 0 bridgehead atoms. The molecule has 0 fully saturated rings. The number of hydrogen-bond acceptors (Lipinski definition) is 9. The van der Waals surface area contributed by atoms with E-state index in [0.717, 1.165) is 34.1 Å². The molecule has 0 aromatic heterocycles. The van der Waals surface area contributed by atoms with E-state index in [9.17, 15) is 4.79 Å². The molecule has 0 spiro atoms. The van der Waals surface area contributed by atoms with E-state index in [1.54, 1.807) is 84.9 Å². The summed E-state index contributed by atoms with van der Waals surface area (Å²) in [6.45, 7) is 0. The van der Waals surface area contributed by atoms with Gasteiger partial charge in [0.1, 0.15) is 46.0 Å². The highest BCUT2D eigenvalue weighted by molar-refractivity contribution is 6.09. The summed E-state index contributed by atoms with van der Waals surface area (Å²) in [5.74, 6) is 5.42. The number of nitrogens with two attached hydrogens (primary N) is 4. The maximum Gasteiger partial charge on any atom is 0.193 e. The smallest absolute Gasteiger partial charge is 0.193 e. The molecule has 8 N–H and O–H groups in total. The molecule has 8 aromatic rings. The van der Waals surface area contributed by atoms with Crippen LogP contribution in [0.2, 0.25) is 0 Å². The summed E-state index contributed by atoms with van der Waals surface area (Å²) in [4.78, 5) is 12.8. The van der Waals surface area contributed by atoms with Crippen LogP contribution in [0.1, 0.15) is 15.9 Å². The number of carbonyl (C=O) groups is 1. The third-order valence-corrected chi connectivity index (χ3v) is 8.65. The fourth-order valence-electron chi connectivity index (χ4n) is 5.80. The van der Waals surface area contributed by atoms with Gasteiger partial charge < -0.3 is 41.9 Å². The zero-order valence-electron chi connectivity index (χ0n) is 31.3. The third kappa shape index (κ3) is 10.5. The van der Waals surface area contributed by atoms with E-state index < -0.39 is 0 Å². The quantitative estimate of drug-likeness (QED) is 0.0743. The van der Waals surface area contributed by atoms with Crippen LogP contribution >= 0.6 is 0 Å². The monoisotopic (exact) mass is 764 g/mol. The Morgan fingerprint density at radius 2 is 0.534 bits per heavy atom. The molecule has 0 atom stereocenters. The minimum atomic E-state index is -0.0824. The first-order valence-electron chi connectivity index (χ1n) is 18.3. The van der Waals surface area contributed by atoms with Crippen LogP contribution in [0.5, 0.6) is 46.0 Å². The van der Waals surface area contributed by atoms with Gasteiger partial charge in [0.25, 0.3) is 0 Å². The zero-order valence-corrected chi connectivity index (χ0v) is 31.3. The van der Waals surface area contributed by atoms with Gasteiger partial charge in [0.2, 0.25) is 0 Å². The van der Waals surface area contributed by atoms with E-state index in [2.05, 4.69) is 0 Å². The van der Waals surface area contributed by atoms with E-state index in [4.69, 9.17) is 41.9 Å². The molecule has 0 saturated heterocycles. The standard InChI is InChI=1S/C25H20N2O3.C24H20N2O2/c26-19-3-1-5-23(15-19)29-21-11-7-17(8-12-21)25(28)18-9-13-22(14-10-18)30-24-6-2-4-20(27)16-24;25-19-3-1-5-23(15-19)27-21-11-7-17(8-12-21)18-9-13-22(14-10-18)28-24-6-2-4-20(26)16-24/h1-16H,26-27H2;1-16H,25-26H2. The summed E-state index contributed by atoms with van der Waals surface area (Å²) in [5.41, 5.74) is 29.0. The molecule has 0 unspecified atom stereocenters. The van der Waals surface area contributed by atoms with Crippen molar-refractivity contribution in [2.24, 2.45) is 0 Å². The number of ether oxygens (including phenoxy) is 4. The lowest BCUT2D eigenvalue weighted by Crippen LogP contribution is -2.01. The van der Waals surface area contributed by atoms with Crippen molar-refractivity contribution in [3.05, 3.63) is 205 Å². The van der Waals surface area contributed by atoms with Gasteiger partial charge in [-0.1, -0.05) is 48.5 Å². The van der Waals surface area contributed by atoms with Gasteiger partial charge in [0, 0.05) is 58.1 Å². The molecule has 0 aliphatic heterocycles. The van der Waals surface area contributed by atoms with Crippen LogP contribution < -0.4 is 41.9 Å². The molecule has 8 aromatic carbocycles. The van der Waals surface area contributed by atoms with Gasteiger partial charge in [-0.3, -0.25) is 4.79 Å². The van der Waals surface area contributed by atoms with Crippen LogP contribution in [0.25, 0.3) is 11.1 Å². The first-order valence-corrected chi connectivity index (χ1v) is 18.3. The van der Waals surface area contributed by atoms with Crippen molar-refractivity contribution in [1.29, 1.82) is 0 Å². The van der Waals surface area contributed by atoms with Crippen molar-refractivity contribution in [2.75, 3.05) is 22.9 Å². The van der Waals surface area contributed by atoms with Crippen LogP contribution in [0.15, 0.2) is 194 Å². The molecule has 0 aliphatic rings. The van der Waals surface area contributed by atoms with Crippen LogP contribution in [-0.2, 0) is 0 Å². The molecular weight excluding hydrogens is 725 g/mol. The Hall–Kier alpha value is -8.17. The van der Waals surface area contributed by atoms with E-state index in [1.807, 2.05) is 109 Å². The van der Waals surface area contributed by atoms with Gasteiger partial charge in [-0.05, 0) is 132 Å². The summed E-state index contributed by atoms with van der Waals surface area (Å²) in [6, 6.07) is 58.9. The fourth-order valence-corrected chi connectivity index (χ4v) is 5.80. The Bertz CT molecular complexity index is 2430. The summed E-state index contributed by atoms with van der Waals surface area (Å²) < 4.78 is 23.2. The second-order valence-corrected chi connectivity index (χ2v) is 13.1. The van der Waals surface area contributed by atoms with Gasteiger partial charge in [-0.2, -0.15) is 0 Å². The summed E-state index contributed by atoms with van der Waals surface area (Å²) >= 11 is 0. The number of hydrogen-bond donors (Lipinski definition) is 4. The normalized spacial score (nSPS) is 10.4. The van der Waals surface area contributed by atoms with Crippen LogP contribution in [0, 0.1) is 0 Å². The van der Waals surface area contributed by atoms with Crippen molar-refractivity contribution < 1.29 is 23.7 Å².